The molecule has 0 amide bonds. The first-order valence-electron chi connectivity index (χ1n) is 25.3. The number of fused-ring (bicyclic) bond motifs is 1. The fourth-order valence-corrected chi connectivity index (χ4v) is 8.54. The predicted molar refractivity (Wildman–Crippen MR) is 266 cm³/mol. The highest BCUT2D eigenvalue weighted by atomic mass is 32.1. The lowest BCUT2D eigenvalue weighted by Crippen LogP contribution is -2.15. The second kappa shape index (κ2) is 33.0. The average Bonchev–Trinajstić information content (AvgIpc) is 3.69. The average molecular weight is 911 g/mol. The van der Waals surface area contributed by atoms with Crippen LogP contribution in [0.2, 0.25) is 0 Å². The minimum Gasteiger partial charge on any atom is -0.493 e. The molecule has 0 spiro atoms. The van der Waals surface area contributed by atoms with Gasteiger partial charge < -0.3 is 28.4 Å². The first-order chi connectivity index (χ1) is 32.1. The van der Waals surface area contributed by atoms with Gasteiger partial charge in [0, 0.05) is 12.1 Å². The van der Waals surface area contributed by atoms with Gasteiger partial charge in [0.05, 0.1) is 48.7 Å². The zero-order valence-corrected chi connectivity index (χ0v) is 41.2. The minimum absolute atomic E-state index is 0.394. The molecule has 0 saturated heterocycles. The van der Waals surface area contributed by atoms with E-state index in [0.717, 1.165) is 63.9 Å². The smallest absolute Gasteiger partial charge is 0.189 e. The first kappa shape index (κ1) is 53.0. The van der Waals surface area contributed by atoms with Crippen LogP contribution in [0, 0.1) is 23.7 Å². The summed E-state index contributed by atoms with van der Waals surface area (Å²) in [5.41, 5.74) is 2.19. The molecule has 0 unspecified atom stereocenters. The maximum absolute atomic E-state index is 12.3. The molecule has 0 fully saturated rings. The summed E-state index contributed by atoms with van der Waals surface area (Å²) < 4.78 is 37.4. The highest BCUT2D eigenvalue weighted by molar-refractivity contribution is 7.13. The van der Waals surface area contributed by atoms with Crippen LogP contribution in [0.15, 0.2) is 24.3 Å². The van der Waals surface area contributed by atoms with Gasteiger partial charge in [0.15, 0.2) is 24.1 Å². The van der Waals surface area contributed by atoms with E-state index in [-0.39, 0.29) is 0 Å². The van der Waals surface area contributed by atoms with Gasteiger partial charge in [-0.3, -0.25) is 9.59 Å². The minimum atomic E-state index is 0.394. The topological polar surface area (TPSA) is 89.5 Å². The van der Waals surface area contributed by atoms with Crippen molar-refractivity contribution in [2.24, 2.45) is 0 Å². The van der Waals surface area contributed by atoms with E-state index in [1.807, 2.05) is 12.1 Å². The fourth-order valence-electron chi connectivity index (χ4n) is 7.64. The van der Waals surface area contributed by atoms with Gasteiger partial charge in [-0.05, 0) is 49.7 Å². The van der Waals surface area contributed by atoms with Crippen LogP contribution >= 0.6 is 11.3 Å². The molecule has 0 N–H and O–H groups in total. The molecule has 356 valence electrons. The van der Waals surface area contributed by atoms with E-state index in [9.17, 15) is 9.59 Å². The molecule has 1 aromatic heterocycles. The van der Waals surface area contributed by atoms with Gasteiger partial charge >= 0.3 is 0 Å². The Morgan fingerprint density at radius 2 is 0.738 bits per heavy atom. The van der Waals surface area contributed by atoms with Crippen molar-refractivity contribution in [3.63, 3.8) is 0 Å². The van der Waals surface area contributed by atoms with E-state index in [1.54, 1.807) is 12.1 Å². The van der Waals surface area contributed by atoms with E-state index < -0.39 is 0 Å². The first-order valence-corrected chi connectivity index (χ1v) is 26.1. The van der Waals surface area contributed by atoms with Crippen molar-refractivity contribution >= 4 is 23.9 Å². The second-order valence-electron chi connectivity index (χ2n) is 17.1. The summed E-state index contributed by atoms with van der Waals surface area (Å²) >= 11 is 1.41. The summed E-state index contributed by atoms with van der Waals surface area (Å²) in [6, 6.07) is 7.20. The van der Waals surface area contributed by atoms with E-state index >= 15 is 0 Å². The highest BCUT2D eigenvalue weighted by Gasteiger charge is 2.23. The van der Waals surface area contributed by atoms with Crippen molar-refractivity contribution in [3.05, 3.63) is 56.3 Å². The summed E-state index contributed by atoms with van der Waals surface area (Å²) in [5, 5.41) is 0. The van der Waals surface area contributed by atoms with Crippen molar-refractivity contribution in [3.8, 4) is 58.2 Å². The summed E-state index contributed by atoms with van der Waals surface area (Å²) in [5.74, 6) is 16.7. The number of aldehydes is 2. The molecule has 2 aromatic carbocycles. The summed E-state index contributed by atoms with van der Waals surface area (Å²) in [6.45, 7) is 11.8. The Morgan fingerprint density at radius 1 is 0.431 bits per heavy atom. The molecule has 8 nitrogen and oxygen atoms in total. The van der Waals surface area contributed by atoms with Gasteiger partial charge in [-0.1, -0.05) is 168 Å². The van der Waals surface area contributed by atoms with Crippen LogP contribution in [0.4, 0.5) is 0 Å². The van der Waals surface area contributed by atoms with Crippen molar-refractivity contribution in [2.45, 2.75) is 182 Å². The maximum Gasteiger partial charge on any atom is 0.189 e. The maximum atomic E-state index is 12.3. The summed E-state index contributed by atoms with van der Waals surface area (Å²) in [6.07, 6.45) is 29.2. The molecular formula is C56H78O8S. The standard InChI is InChI=1S/C56H78O8S/c1-5-9-13-17-21-25-33-59-49-41-47(43-57)51(61-35-27-23-19-15-11-7-3)39-45(49)29-31-53-55-56(64-38-37-63-55)54(65-53)32-30-46-40-52(62-36-28-24-20-16-12-8-4)48(44-58)42-50(46)60-34-26-22-18-14-10-6-2/h39-44H,5-28,33-38H2,1-4H3. The number of hydrogen-bond acceptors (Lipinski definition) is 9. The van der Waals surface area contributed by atoms with Gasteiger partial charge in [0.1, 0.15) is 46.0 Å². The number of benzene rings is 2. The van der Waals surface area contributed by atoms with Crippen LogP contribution in [0.1, 0.15) is 223 Å². The fraction of sp³-hybridized carbons (Fsp3) is 0.607. The van der Waals surface area contributed by atoms with Crippen LogP contribution in [0.3, 0.4) is 0 Å². The molecular weight excluding hydrogens is 833 g/mol. The quantitative estimate of drug-likeness (QED) is 0.0332. The van der Waals surface area contributed by atoms with Gasteiger partial charge in [0.2, 0.25) is 0 Å². The summed E-state index contributed by atoms with van der Waals surface area (Å²) in [7, 11) is 0. The molecule has 0 radical (unpaired) electrons. The lowest BCUT2D eigenvalue weighted by Gasteiger charge is -2.15. The van der Waals surface area contributed by atoms with Crippen LogP contribution in [-0.2, 0) is 0 Å². The molecule has 0 saturated carbocycles. The molecule has 0 bridgehead atoms. The van der Waals surface area contributed by atoms with Crippen molar-refractivity contribution in [1.82, 2.24) is 0 Å². The molecule has 0 aliphatic carbocycles. The third-order valence-corrected chi connectivity index (χ3v) is 12.5. The number of hydrogen-bond donors (Lipinski definition) is 0. The van der Waals surface area contributed by atoms with Crippen molar-refractivity contribution < 1.29 is 38.0 Å². The Balaban J connectivity index is 1.63. The lowest BCUT2D eigenvalue weighted by atomic mass is 10.1. The number of ether oxygens (including phenoxy) is 6. The molecule has 1 aliphatic rings. The van der Waals surface area contributed by atoms with Gasteiger partial charge in [-0.2, -0.15) is 0 Å². The predicted octanol–water partition coefficient (Wildman–Crippen LogP) is 14.9. The lowest BCUT2D eigenvalue weighted by molar-refractivity contribution is 0.111. The number of rotatable bonds is 34. The second-order valence-corrected chi connectivity index (χ2v) is 18.1. The van der Waals surface area contributed by atoms with E-state index in [2.05, 4.69) is 51.4 Å². The number of carbonyl (C=O) groups is 2. The monoisotopic (exact) mass is 911 g/mol. The molecule has 0 atom stereocenters. The molecule has 65 heavy (non-hydrogen) atoms. The normalized spacial score (nSPS) is 11.6. The van der Waals surface area contributed by atoms with Gasteiger partial charge in [-0.15, -0.1) is 11.3 Å². The Hall–Kier alpha value is -4.60. The zero-order valence-electron chi connectivity index (χ0n) is 40.4. The third kappa shape index (κ3) is 19.4. The Morgan fingerprint density at radius 3 is 1.06 bits per heavy atom. The zero-order chi connectivity index (χ0) is 46.2. The SMILES string of the molecule is CCCCCCCCOc1cc(C=O)c(OCCCCCCCC)cc1C#Cc1sc(C#Cc2cc(OCCCCCCCC)c(C=O)cc2OCCCCCCCC)c2c1OCCO2. The van der Waals surface area contributed by atoms with E-state index in [0.29, 0.717) is 106 Å². The number of thiophene rings is 1. The van der Waals surface area contributed by atoms with E-state index in [4.69, 9.17) is 28.4 Å². The van der Waals surface area contributed by atoms with E-state index in [1.165, 1.54) is 114 Å². The Bertz CT molecular complexity index is 1820. The molecule has 2 heterocycles. The van der Waals surface area contributed by atoms with Crippen LogP contribution in [0.25, 0.3) is 0 Å². The van der Waals surface area contributed by atoms with Gasteiger partial charge in [0.25, 0.3) is 0 Å². The Kier molecular flexibility index (Phi) is 26.9. The largest absolute Gasteiger partial charge is 0.493 e. The van der Waals surface area contributed by atoms with Crippen molar-refractivity contribution in [2.75, 3.05) is 39.6 Å². The summed E-state index contributed by atoms with van der Waals surface area (Å²) in [4.78, 5) is 26.0. The van der Waals surface area contributed by atoms with Crippen LogP contribution < -0.4 is 28.4 Å². The number of carbonyl (C=O) groups excluding carboxylic acids is 2. The third-order valence-electron chi connectivity index (χ3n) is 11.5. The molecule has 1 aliphatic heterocycles. The van der Waals surface area contributed by atoms with Gasteiger partial charge in [-0.25, -0.2) is 0 Å². The number of unbranched alkanes of at least 4 members (excludes halogenated alkanes) is 20. The van der Waals surface area contributed by atoms with Crippen molar-refractivity contribution in [1.29, 1.82) is 0 Å². The Labute approximate surface area is 396 Å². The highest BCUT2D eigenvalue weighted by Crippen LogP contribution is 2.43. The molecule has 3 aromatic rings. The van der Waals surface area contributed by atoms with Crippen LogP contribution in [-0.4, -0.2) is 52.2 Å². The molecule has 9 heteroatoms. The molecule has 4 rings (SSSR count). The van der Waals surface area contributed by atoms with Crippen LogP contribution in [0.5, 0.6) is 34.5 Å².